The molecular formula is C10H14F2N2O. The minimum Gasteiger partial charge on any atom is -0.470 e. The molecule has 0 saturated carbocycles. The van der Waals surface area contributed by atoms with Crippen molar-refractivity contribution in [2.24, 2.45) is 0 Å². The predicted octanol–water partition coefficient (Wildman–Crippen LogP) is 2.51. The fourth-order valence-corrected chi connectivity index (χ4v) is 0.869. The highest BCUT2D eigenvalue weighted by Gasteiger charge is 2.21. The van der Waals surface area contributed by atoms with Crippen LogP contribution in [0.5, 0.6) is 5.88 Å². The second kappa shape index (κ2) is 4.00. The first kappa shape index (κ1) is 11.7. The Hall–Kier alpha value is -1.39. The molecule has 0 aliphatic carbocycles. The molecule has 0 bridgehead atoms. The van der Waals surface area contributed by atoms with E-state index in [9.17, 15) is 8.78 Å². The zero-order chi connectivity index (χ0) is 11.6. The van der Waals surface area contributed by atoms with Gasteiger partial charge in [0.1, 0.15) is 5.60 Å². The van der Waals surface area contributed by atoms with E-state index in [2.05, 4.69) is 4.98 Å². The first-order valence-corrected chi connectivity index (χ1v) is 4.66. The second-order valence-electron chi connectivity index (χ2n) is 3.86. The van der Waals surface area contributed by atoms with Crippen LogP contribution in [-0.2, 0) is 0 Å². The minimum atomic E-state index is -0.880. The normalized spacial score (nSPS) is 11.5. The number of rotatable bonds is 3. The van der Waals surface area contributed by atoms with E-state index in [1.807, 2.05) is 6.92 Å². The van der Waals surface area contributed by atoms with Gasteiger partial charge in [0, 0.05) is 6.07 Å². The van der Waals surface area contributed by atoms with Crippen LogP contribution in [0.15, 0.2) is 6.07 Å². The van der Waals surface area contributed by atoms with Gasteiger partial charge in [-0.15, -0.1) is 0 Å². The lowest BCUT2D eigenvalue weighted by Crippen LogP contribution is -2.28. The molecule has 0 radical (unpaired) electrons. The molecule has 0 aromatic carbocycles. The molecule has 1 heterocycles. The average molecular weight is 216 g/mol. The van der Waals surface area contributed by atoms with Gasteiger partial charge in [-0.1, -0.05) is 6.92 Å². The molecular weight excluding hydrogens is 202 g/mol. The first-order chi connectivity index (χ1) is 6.85. The Morgan fingerprint density at radius 1 is 1.40 bits per heavy atom. The highest BCUT2D eigenvalue weighted by Crippen LogP contribution is 2.24. The standard InChI is InChI=1S/C10H14F2N2O/c1-4-10(2,3)15-9-7(12)5-6(11)8(13)14-9/h5H,4H2,1-3H3,(H2,13,14). The second-order valence-corrected chi connectivity index (χ2v) is 3.86. The van der Waals surface area contributed by atoms with E-state index in [1.165, 1.54) is 0 Å². The summed E-state index contributed by atoms with van der Waals surface area (Å²) < 4.78 is 31.3. The van der Waals surface area contributed by atoms with E-state index in [1.54, 1.807) is 13.8 Å². The fourth-order valence-electron chi connectivity index (χ4n) is 0.869. The molecule has 0 saturated heterocycles. The summed E-state index contributed by atoms with van der Waals surface area (Å²) in [5, 5.41) is 0. The van der Waals surface area contributed by atoms with Gasteiger partial charge < -0.3 is 10.5 Å². The van der Waals surface area contributed by atoms with Crippen LogP contribution >= 0.6 is 0 Å². The van der Waals surface area contributed by atoms with Gasteiger partial charge in [0.2, 0.25) is 0 Å². The van der Waals surface area contributed by atoms with Crippen molar-refractivity contribution < 1.29 is 13.5 Å². The molecule has 0 spiro atoms. The third-order valence-electron chi connectivity index (χ3n) is 2.15. The topological polar surface area (TPSA) is 48.1 Å². The first-order valence-electron chi connectivity index (χ1n) is 4.66. The van der Waals surface area contributed by atoms with Crippen molar-refractivity contribution in [3.63, 3.8) is 0 Å². The van der Waals surface area contributed by atoms with Crippen molar-refractivity contribution in [2.45, 2.75) is 32.8 Å². The molecule has 1 rings (SSSR count). The number of anilines is 1. The van der Waals surface area contributed by atoms with Crippen LogP contribution in [0.1, 0.15) is 27.2 Å². The number of nitrogens with two attached hydrogens (primary N) is 1. The Morgan fingerprint density at radius 3 is 2.53 bits per heavy atom. The summed E-state index contributed by atoms with van der Waals surface area (Å²) in [7, 11) is 0. The van der Waals surface area contributed by atoms with Gasteiger partial charge in [0.05, 0.1) is 0 Å². The van der Waals surface area contributed by atoms with E-state index in [-0.39, 0.29) is 11.7 Å². The predicted molar refractivity (Wildman–Crippen MR) is 53.6 cm³/mol. The zero-order valence-electron chi connectivity index (χ0n) is 8.97. The van der Waals surface area contributed by atoms with Crippen LogP contribution in [0, 0.1) is 11.6 Å². The molecule has 0 fully saturated rings. The summed E-state index contributed by atoms with van der Waals surface area (Å²) in [5.74, 6) is -2.35. The maximum absolute atomic E-state index is 13.2. The molecule has 1 aromatic heterocycles. The highest BCUT2D eigenvalue weighted by atomic mass is 19.1. The number of hydrogen-bond donors (Lipinski definition) is 1. The third-order valence-corrected chi connectivity index (χ3v) is 2.15. The van der Waals surface area contributed by atoms with Gasteiger partial charge in [0.25, 0.3) is 5.88 Å². The Labute approximate surface area is 87.3 Å². The number of nitrogen functional groups attached to an aromatic ring is 1. The lowest BCUT2D eigenvalue weighted by atomic mass is 10.1. The van der Waals surface area contributed by atoms with Crippen molar-refractivity contribution in [3.05, 3.63) is 17.7 Å². The summed E-state index contributed by atoms with van der Waals surface area (Å²) in [6.07, 6.45) is 0.672. The molecule has 1 aromatic rings. The Balaban J connectivity index is 3.01. The number of ether oxygens (including phenoxy) is 1. The lowest BCUT2D eigenvalue weighted by Gasteiger charge is -2.24. The van der Waals surface area contributed by atoms with Gasteiger partial charge in [-0.2, -0.15) is 4.98 Å². The van der Waals surface area contributed by atoms with Crippen molar-refractivity contribution in [2.75, 3.05) is 5.73 Å². The van der Waals surface area contributed by atoms with Crippen molar-refractivity contribution in [3.8, 4) is 5.88 Å². The number of pyridine rings is 1. The summed E-state index contributed by atoms with van der Waals surface area (Å²) >= 11 is 0. The van der Waals surface area contributed by atoms with Crippen molar-refractivity contribution in [1.29, 1.82) is 0 Å². The fraction of sp³-hybridized carbons (Fsp3) is 0.500. The molecule has 84 valence electrons. The van der Waals surface area contributed by atoms with Crippen LogP contribution in [-0.4, -0.2) is 10.6 Å². The van der Waals surface area contributed by atoms with E-state index in [0.717, 1.165) is 0 Å². The Morgan fingerprint density at radius 2 is 2.00 bits per heavy atom. The van der Waals surface area contributed by atoms with Gasteiger partial charge in [-0.3, -0.25) is 0 Å². The van der Waals surface area contributed by atoms with Crippen LogP contribution in [0.4, 0.5) is 14.6 Å². The summed E-state index contributed by atoms with van der Waals surface area (Å²) in [5.41, 5.74) is 4.66. The number of hydrogen-bond acceptors (Lipinski definition) is 3. The quantitative estimate of drug-likeness (QED) is 0.844. The van der Waals surface area contributed by atoms with E-state index in [0.29, 0.717) is 12.5 Å². The summed E-state index contributed by atoms with van der Waals surface area (Å²) in [4.78, 5) is 3.51. The van der Waals surface area contributed by atoms with Gasteiger partial charge in [0.15, 0.2) is 17.5 Å². The van der Waals surface area contributed by atoms with Gasteiger partial charge in [-0.05, 0) is 20.3 Å². The maximum Gasteiger partial charge on any atom is 0.253 e. The van der Waals surface area contributed by atoms with Crippen LogP contribution in [0.25, 0.3) is 0 Å². The smallest absolute Gasteiger partial charge is 0.253 e. The van der Waals surface area contributed by atoms with Gasteiger partial charge >= 0.3 is 0 Å². The minimum absolute atomic E-state index is 0.263. The van der Waals surface area contributed by atoms with Crippen LogP contribution < -0.4 is 10.5 Å². The molecule has 0 amide bonds. The highest BCUT2D eigenvalue weighted by molar-refractivity contribution is 5.34. The van der Waals surface area contributed by atoms with Crippen molar-refractivity contribution >= 4 is 5.82 Å². The number of nitrogens with zero attached hydrogens (tertiary/aromatic N) is 1. The monoisotopic (exact) mass is 216 g/mol. The molecule has 15 heavy (non-hydrogen) atoms. The summed E-state index contributed by atoms with van der Waals surface area (Å²) in [6, 6.07) is 0.670. The lowest BCUT2D eigenvalue weighted by molar-refractivity contribution is 0.0929. The van der Waals surface area contributed by atoms with Crippen molar-refractivity contribution in [1.82, 2.24) is 4.98 Å². The van der Waals surface area contributed by atoms with E-state index < -0.39 is 17.2 Å². The molecule has 2 N–H and O–H groups in total. The molecule has 0 unspecified atom stereocenters. The Bertz CT molecular complexity index is 367. The number of aromatic nitrogens is 1. The Kier molecular flexibility index (Phi) is 3.12. The third kappa shape index (κ3) is 2.78. The molecule has 0 aliphatic rings. The van der Waals surface area contributed by atoms with E-state index in [4.69, 9.17) is 10.5 Å². The maximum atomic E-state index is 13.2. The number of halogens is 2. The van der Waals surface area contributed by atoms with Gasteiger partial charge in [-0.25, -0.2) is 8.78 Å². The van der Waals surface area contributed by atoms with Crippen LogP contribution in [0.3, 0.4) is 0 Å². The SMILES string of the molecule is CCC(C)(C)Oc1nc(N)c(F)cc1F. The largest absolute Gasteiger partial charge is 0.470 e. The molecule has 3 nitrogen and oxygen atoms in total. The molecule has 0 aliphatic heterocycles. The zero-order valence-corrected chi connectivity index (χ0v) is 8.97. The average Bonchev–Trinajstić information content (AvgIpc) is 2.14. The van der Waals surface area contributed by atoms with Crippen LogP contribution in [0.2, 0.25) is 0 Å². The molecule has 5 heteroatoms. The summed E-state index contributed by atoms with van der Waals surface area (Å²) in [6.45, 7) is 5.46. The van der Waals surface area contributed by atoms with E-state index >= 15 is 0 Å². The molecule has 0 atom stereocenters.